The number of ether oxygens (including phenoxy) is 1. The molecular formula is C15H18Cl2N2OS. The molecule has 1 unspecified atom stereocenters. The minimum Gasteiger partial charge on any atom is -0.496 e. The molecule has 0 saturated heterocycles. The maximum absolute atomic E-state index is 6.26. The van der Waals surface area contributed by atoms with Crippen molar-refractivity contribution in [3.63, 3.8) is 0 Å². The van der Waals surface area contributed by atoms with Crippen LogP contribution in [0.4, 0.5) is 0 Å². The summed E-state index contributed by atoms with van der Waals surface area (Å²) >= 11 is 13.7. The van der Waals surface area contributed by atoms with Crippen LogP contribution in [0.15, 0.2) is 12.3 Å². The lowest BCUT2D eigenvalue weighted by Crippen LogP contribution is -2.20. The number of methoxy groups -OCH3 is 1. The second kappa shape index (κ2) is 6.97. The third kappa shape index (κ3) is 3.51. The molecule has 0 aliphatic rings. The molecule has 2 rings (SSSR count). The van der Waals surface area contributed by atoms with Crippen molar-refractivity contribution in [2.24, 2.45) is 0 Å². The quantitative estimate of drug-likeness (QED) is 0.861. The SMILES string of the molecule is CNC(Cc1ncc(C)c(OC)c1C)c1cc(Cl)sc1Cl. The summed E-state index contributed by atoms with van der Waals surface area (Å²) < 4.78 is 6.87. The highest BCUT2D eigenvalue weighted by Crippen LogP contribution is 2.36. The van der Waals surface area contributed by atoms with Crippen LogP contribution in [0.3, 0.4) is 0 Å². The smallest absolute Gasteiger partial charge is 0.128 e. The topological polar surface area (TPSA) is 34.2 Å². The van der Waals surface area contributed by atoms with E-state index in [0.29, 0.717) is 4.34 Å². The first-order valence-corrected chi connectivity index (χ1v) is 8.16. The molecule has 0 aliphatic heterocycles. The van der Waals surface area contributed by atoms with Gasteiger partial charge in [0.15, 0.2) is 0 Å². The Bertz CT molecular complexity index is 643. The van der Waals surface area contributed by atoms with Crippen LogP contribution in [0.1, 0.15) is 28.4 Å². The normalized spacial score (nSPS) is 12.5. The van der Waals surface area contributed by atoms with Gasteiger partial charge in [0.1, 0.15) is 5.75 Å². The van der Waals surface area contributed by atoms with Gasteiger partial charge < -0.3 is 10.1 Å². The van der Waals surface area contributed by atoms with Gasteiger partial charge in [-0.3, -0.25) is 4.98 Å². The molecule has 0 aromatic carbocycles. The summed E-state index contributed by atoms with van der Waals surface area (Å²) in [6.45, 7) is 4.02. The van der Waals surface area contributed by atoms with Gasteiger partial charge in [-0.05, 0) is 27.0 Å². The molecule has 0 fully saturated rings. The molecule has 114 valence electrons. The van der Waals surface area contributed by atoms with E-state index in [2.05, 4.69) is 10.3 Å². The lowest BCUT2D eigenvalue weighted by Gasteiger charge is -2.18. The minimum atomic E-state index is 0.0693. The summed E-state index contributed by atoms with van der Waals surface area (Å²) in [5, 5.41) is 3.28. The Labute approximate surface area is 139 Å². The van der Waals surface area contributed by atoms with E-state index in [0.717, 1.165) is 38.9 Å². The van der Waals surface area contributed by atoms with Crippen molar-refractivity contribution in [2.45, 2.75) is 26.3 Å². The number of nitrogens with one attached hydrogen (secondary N) is 1. The molecule has 6 heteroatoms. The standard InChI is InChI=1S/C15H18Cl2N2OS/c1-8-7-19-11(9(2)14(8)20-4)6-12(18-3)10-5-13(16)21-15(10)17/h5,7,12,18H,6H2,1-4H3. The number of thiophene rings is 1. The molecule has 2 aromatic heterocycles. The van der Waals surface area contributed by atoms with Gasteiger partial charge in [0.25, 0.3) is 0 Å². The number of pyridine rings is 1. The highest BCUT2D eigenvalue weighted by Gasteiger charge is 2.19. The average molecular weight is 345 g/mol. The predicted molar refractivity (Wildman–Crippen MR) is 90.1 cm³/mol. The molecule has 21 heavy (non-hydrogen) atoms. The monoisotopic (exact) mass is 344 g/mol. The molecule has 0 saturated carbocycles. The van der Waals surface area contributed by atoms with E-state index in [1.807, 2.05) is 33.2 Å². The van der Waals surface area contributed by atoms with Gasteiger partial charge in [0.05, 0.1) is 15.8 Å². The predicted octanol–water partition coefficient (Wildman–Crippen LogP) is 4.58. The maximum atomic E-state index is 6.26. The summed E-state index contributed by atoms with van der Waals surface area (Å²) in [5.74, 6) is 0.893. The van der Waals surface area contributed by atoms with Crippen molar-refractivity contribution in [3.8, 4) is 5.75 Å². The number of nitrogens with zero attached hydrogens (tertiary/aromatic N) is 1. The zero-order valence-corrected chi connectivity index (χ0v) is 14.8. The number of rotatable bonds is 5. The van der Waals surface area contributed by atoms with Crippen molar-refractivity contribution in [1.82, 2.24) is 10.3 Å². The molecule has 3 nitrogen and oxygen atoms in total. The summed E-state index contributed by atoms with van der Waals surface area (Å²) in [6.07, 6.45) is 2.57. The Balaban J connectivity index is 2.33. The number of aromatic nitrogens is 1. The lowest BCUT2D eigenvalue weighted by molar-refractivity contribution is 0.406. The van der Waals surface area contributed by atoms with Gasteiger partial charge in [0.2, 0.25) is 0 Å². The van der Waals surface area contributed by atoms with E-state index in [1.54, 1.807) is 7.11 Å². The summed E-state index contributed by atoms with van der Waals surface area (Å²) in [4.78, 5) is 4.54. The Morgan fingerprint density at radius 2 is 2.10 bits per heavy atom. The zero-order chi connectivity index (χ0) is 15.6. The lowest BCUT2D eigenvalue weighted by atomic mass is 10.0. The van der Waals surface area contributed by atoms with Crippen LogP contribution in [0.25, 0.3) is 0 Å². The fraction of sp³-hybridized carbons (Fsp3) is 0.400. The van der Waals surface area contributed by atoms with Crippen molar-refractivity contribution >= 4 is 34.5 Å². The van der Waals surface area contributed by atoms with E-state index >= 15 is 0 Å². The van der Waals surface area contributed by atoms with Crippen LogP contribution in [-0.2, 0) is 6.42 Å². The van der Waals surface area contributed by atoms with E-state index in [-0.39, 0.29) is 6.04 Å². The molecular weight excluding hydrogens is 327 g/mol. The van der Waals surface area contributed by atoms with E-state index in [4.69, 9.17) is 27.9 Å². The largest absolute Gasteiger partial charge is 0.496 e. The summed E-state index contributed by atoms with van der Waals surface area (Å²) in [5.41, 5.74) is 4.11. The van der Waals surface area contributed by atoms with Gasteiger partial charge >= 0.3 is 0 Å². The second-order valence-electron chi connectivity index (χ2n) is 4.87. The Kier molecular flexibility index (Phi) is 5.49. The van der Waals surface area contributed by atoms with E-state index < -0.39 is 0 Å². The van der Waals surface area contributed by atoms with Gasteiger partial charge in [-0.1, -0.05) is 23.2 Å². The van der Waals surface area contributed by atoms with Crippen LogP contribution < -0.4 is 10.1 Å². The van der Waals surface area contributed by atoms with Crippen LogP contribution >= 0.6 is 34.5 Å². The van der Waals surface area contributed by atoms with Crippen molar-refractivity contribution in [2.75, 3.05) is 14.2 Å². The van der Waals surface area contributed by atoms with Crippen molar-refractivity contribution < 1.29 is 4.74 Å². The highest BCUT2D eigenvalue weighted by molar-refractivity contribution is 7.20. The number of halogens is 2. The molecule has 0 radical (unpaired) electrons. The average Bonchev–Trinajstić information content (AvgIpc) is 2.77. The van der Waals surface area contributed by atoms with Crippen LogP contribution in [0, 0.1) is 13.8 Å². The molecule has 2 heterocycles. The third-order valence-corrected chi connectivity index (χ3v) is 5.07. The molecule has 0 bridgehead atoms. The number of likely N-dealkylation sites (N-methyl/N-ethyl adjacent to an activating group) is 1. The molecule has 2 aromatic rings. The molecule has 0 amide bonds. The van der Waals surface area contributed by atoms with Crippen molar-refractivity contribution in [1.29, 1.82) is 0 Å². The van der Waals surface area contributed by atoms with E-state index in [1.165, 1.54) is 11.3 Å². The third-order valence-electron chi connectivity index (χ3n) is 3.55. The number of hydrogen-bond acceptors (Lipinski definition) is 4. The van der Waals surface area contributed by atoms with Gasteiger partial charge in [-0.25, -0.2) is 0 Å². The van der Waals surface area contributed by atoms with Crippen LogP contribution in [0.2, 0.25) is 8.67 Å². The number of hydrogen-bond donors (Lipinski definition) is 1. The van der Waals surface area contributed by atoms with Crippen molar-refractivity contribution in [3.05, 3.63) is 43.3 Å². The zero-order valence-electron chi connectivity index (χ0n) is 12.5. The van der Waals surface area contributed by atoms with Gasteiger partial charge in [-0.2, -0.15) is 0 Å². The summed E-state index contributed by atoms with van der Waals surface area (Å²) in [6, 6.07) is 1.98. The molecule has 1 atom stereocenters. The molecule has 0 spiro atoms. The Morgan fingerprint density at radius 1 is 1.38 bits per heavy atom. The highest BCUT2D eigenvalue weighted by atomic mass is 35.5. The van der Waals surface area contributed by atoms with Gasteiger partial charge in [-0.15, -0.1) is 11.3 Å². The summed E-state index contributed by atoms with van der Waals surface area (Å²) in [7, 11) is 3.59. The Hall–Kier alpha value is -0.810. The molecule has 1 N–H and O–H groups in total. The fourth-order valence-corrected chi connectivity index (χ4v) is 4.01. The van der Waals surface area contributed by atoms with Gasteiger partial charge in [0, 0.05) is 41.0 Å². The Morgan fingerprint density at radius 3 is 2.62 bits per heavy atom. The van der Waals surface area contributed by atoms with E-state index in [9.17, 15) is 0 Å². The maximum Gasteiger partial charge on any atom is 0.128 e. The first kappa shape index (κ1) is 16.6. The fourth-order valence-electron chi connectivity index (χ4n) is 2.43. The van der Waals surface area contributed by atoms with Crippen LogP contribution in [-0.4, -0.2) is 19.1 Å². The second-order valence-corrected chi connectivity index (χ2v) is 7.16. The first-order chi connectivity index (χ1) is 9.97. The molecule has 0 aliphatic carbocycles. The first-order valence-electron chi connectivity index (χ1n) is 6.59. The number of aryl methyl sites for hydroxylation is 1. The van der Waals surface area contributed by atoms with Crippen LogP contribution in [0.5, 0.6) is 5.75 Å². The minimum absolute atomic E-state index is 0.0693.